The Bertz CT molecular complexity index is 630. The molecule has 1 aromatic heterocycles. The van der Waals surface area contributed by atoms with E-state index in [1.54, 1.807) is 11.3 Å². The number of ether oxygens (including phenoxy) is 2. The fraction of sp³-hybridized carbons (Fsp3) is 0.357. The first-order valence-corrected chi connectivity index (χ1v) is 8.04. The fourth-order valence-electron chi connectivity index (χ4n) is 2.23. The Balaban J connectivity index is 2.02. The topological polar surface area (TPSA) is 43.4 Å². The number of hydrogen-bond donors (Lipinski definition) is 1. The lowest BCUT2D eigenvalue weighted by Crippen LogP contribution is -2.20. The largest absolute Gasteiger partial charge is 0.486 e. The zero-order valence-corrected chi connectivity index (χ0v) is 13.7. The summed E-state index contributed by atoms with van der Waals surface area (Å²) in [6, 6.07) is 4.14. The maximum Gasteiger partial charge on any atom is 0.175 e. The number of rotatable bonds is 3. The normalized spacial score (nSPS) is 15.2. The summed E-state index contributed by atoms with van der Waals surface area (Å²) in [5.74, 6) is 1.57. The maximum absolute atomic E-state index is 5.68. The van der Waals surface area contributed by atoms with Crippen LogP contribution in [0, 0.1) is 6.92 Å². The molecule has 0 saturated carbocycles. The summed E-state index contributed by atoms with van der Waals surface area (Å²) in [4.78, 5) is 4.57. The predicted octanol–water partition coefficient (Wildman–Crippen LogP) is 3.29. The number of hydrogen-bond acceptors (Lipinski definition) is 5. The van der Waals surface area contributed by atoms with Crippen molar-refractivity contribution in [3.05, 3.63) is 38.3 Å². The highest BCUT2D eigenvalue weighted by Crippen LogP contribution is 2.41. The van der Waals surface area contributed by atoms with Gasteiger partial charge < -0.3 is 14.8 Å². The second-order valence-corrected chi connectivity index (χ2v) is 6.32. The number of fused-ring (bicyclic) bond motifs is 1. The van der Waals surface area contributed by atoms with Crippen LogP contribution < -0.4 is 14.8 Å². The lowest BCUT2D eigenvalue weighted by atomic mass is 10.1. The van der Waals surface area contributed by atoms with Crippen LogP contribution in [0.25, 0.3) is 0 Å². The second kappa shape index (κ2) is 5.71. The highest BCUT2D eigenvalue weighted by molar-refractivity contribution is 9.10. The van der Waals surface area contributed by atoms with E-state index in [2.05, 4.69) is 37.7 Å². The molecular weight excluding hydrogens is 340 g/mol. The van der Waals surface area contributed by atoms with Gasteiger partial charge in [0.15, 0.2) is 11.5 Å². The molecule has 0 spiro atoms. The van der Waals surface area contributed by atoms with E-state index in [1.165, 1.54) is 0 Å². The van der Waals surface area contributed by atoms with Gasteiger partial charge >= 0.3 is 0 Å². The number of nitrogens with zero attached hydrogens (tertiary/aromatic N) is 1. The molecule has 1 aliphatic heterocycles. The van der Waals surface area contributed by atoms with Crippen LogP contribution in [0.5, 0.6) is 11.5 Å². The molecule has 3 rings (SSSR count). The third kappa shape index (κ3) is 2.55. The molecule has 20 heavy (non-hydrogen) atoms. The van der Waals surface area contributed by atoms with E-state index in [1.807, 2.05) is 20.0 Å². The van der Waals surface area contributed by atoms with E-state index >= 15 is 0 Å². The van der Waals surface area contributed by atoms with Crippen molar-refractivity contribution in [1.29, 1.82) is 0 Å². The van der Waals surface area contributed by atoms with Gasteiger partial charge in [0.1, 0.15) is 18.2 Å². The number of aryl methyl sites for hydroxylation is 1. The molecule has 0 aliphatic carbocycles. The SMILES string of the molecule is CNC(c1cc(Br)c2c(c1)OCCO2)c1nc(C)cs1. The van der Waals surface area contributed by atoms with E-state index in [0.29, 0.717) is 13.2 Å². The van der Waals surface area contributed by atoms with Gasteiger partial charge in [-0.1, -0.05) is 0 Å². The van der Waals surface area contributed by atoms with Gasteiger partial charge in [-0.25, -0.2) is 4.98 Å². The molecule has 0 radical (unpaired) electrons. The predicted molar refractivity (Wildman–Crippen MR) is 82.9 cm³/mol. The van der Waals surface area contributed by atoms with Gasteiger partial charge in [0, 0.05) is 11.1 Å². The van der Waals surface area contributed by atoms with Crippen LogP contribution in [0.3, 0.4) is 0 Å². The first kappa shape index (κ1) is 13.9. The fourth-order valence-corrected chi connectivity index (χ4v) is 3.74. The summed E-state index contributed by atoms with van der Waals surface area (Å²) in [7, 11) is 1.94. The van der Waals surface area contributed by atoms with Crippen molar-refractivity contribution < 1.29 is 9.47 Å². The van der Waals surface area contributed by atoms with Gasteiger partial charge in [0.05, 0.1) is 10.5 Å². The van der Waals surface area contributed by atoms with Crippen LogP contribution in [0.4, 0.5) is 0 Å². The molecule has 2 aromatic rings. The lowest BCUT2D eigenvalue weighted by molar-refractivity contribution is 0.170. The number of thiazole rings is 1. The Hall–Kier alpha value is -1.11. The number of halogens is 1. The molecule has 1 aliphatic rings. The molecule has 106 valence electrons. The van der Waals surface area contributed by atoms with Crippen LogP contribution in [0.2, 0.25) is 0 Å². The second-order valence-electron chi connectivity index (χ2n) is 4.58. The maximum atomic E-state index is 5.68. The van der Waals surface area contributed by atoms with E-state index < -0.39 is 0 Å². The molecule has 1 N–H and O–H groups in total. The van der Waals surface area contributed by atoms with Gasteiger partial charge in [-0.05, 0) is 47.6 Å². The molecule has 0 fully saturated rings. The molecular formula is C14H15BrN2O2S. The van der Waals surface area contributed by atoms with Crippen LogP contribution in [-0.2, 0) is 0 Å². The van der Waals surface area contributed by atoms with Crippen LogP contribution in [0.1, 0.15) is 22.3 Å². The zero-order chi connectivity index (χ0) is 14.1. The van der Waals surface area contributed by atoms with Crippen molar-refractivity contribution in [3.63, 3.8) is 0 Å². The van der Waals surface area contributed by atoms with E-state index in [4.69, 9.17) is 9.47 Å². The molecule has 2 heterocycles. The number of aromatic nitrogens is 1. The van der Waals surface area contributed by atoms with Crippen molar-refractivity contribution in [2.45, 2.75) is 13.0 Å². The summed E-state index contributed by atoms with van der Waals surface area (Å²) < 4.78 is 12.2. The van der Waals surface area contributed by atoms with E-state index in [-0.39, 0.29) is 6.04 Å². The van der Waals surface area contributed by atoms with Crippen LogP contribution >= 0.6 is 27.3 Å². The van der Waals surface area contributed by atoms with Crippen molar-refractivity contribution >= 4 is 27.3 Å². The number of benzene rings is 1. The molecule has 4 nitrogen and oxygen atoms in total. The molecule has 1 atom stereocenters. The molecule has 1 aromatic carbocycles. The minimum atomic E-state index is 0.0563. The lowest BCUT2D eigenvalue weighted by Gasteiger charge is -2.22. The standard InChI is InChI=1S/C14H15BrN2O2S/c1-8-7-20-14(17-8)12(16-2)9-5-10(15)13-11(6-9)18-3-4-19-13/h5-7,12,16H,3-4H2,1-2H3. The Labute approximate surface area is 130 Å². The third-order valence-electron chi connectivity index (χ3n) is 3.12. The van der Waals surface area contributed by atoms with Gasteiger partial charge in [-0.3, -0.25) is 0 Å². The minimum Gasteiger partial charge on any atom is -0.486 e. The first-order chi connectivity index (χ1) is 9.69. The summed E-state index contributed by atoms with van der Waals surface area (Å²) in [6.07, 6.45) is 0. The number of nitrogens with one attached hydrogen (secondary N) is 1. The van der Waals surface area contributed by atoms with Crippen molar-refractivity contribution in [3.8, 4) is 11.5 Å². The Morgan fingerprint density at radius 1 is 1.35 bits per heavy atom. The van der Waals surface area contributed by atoms with E-state index in [0.717, 1.165) is 32.2 Å². The van der Waals surface area contributed by atoms with E-state index in [9.17, 15) is 0 Å². The molecule has 6 heteroatoms. The average Bonchev–Trinajstić information content (AvgIpc) is 2.86. The monoisotopic (exact) mass is 354 g/mol. The van der Waals surface area contributed by atoms with Crippen LogP contribution in [0.15, 0.2) is 22.0 Å². The van der Waals surface area contributed by atoms with Gasteiger partial charge in [0.2, 0.25) is 0 Å². The summed E-state index contributed by atoms with van der Waals surface area (Å²) in [6.45, 7) is 3.18. The summed E-state index contributed by atoms with van der Waals surface area (Å²) >= 11 is 5.22. The molecule has 0 amide bonds. The molecule has 0 saturated heterocycles. The van der Waals surface area contributed by atoms with Crippen LogP contribution in [-0.4, -0.2) is 25.2 Å². The minimum absolute atomic E-state index is 0.0563. The third-order valence-corrected chi connectivity index (χ3v) is 4.74. The van der Waals surface area contributed by atoms with Gasteiger partial charge in [-0.2, -0.15) is 0 Å². The van der Waals surface area contributed by atoms with Crippen molar-refractivity contribution in [2.24, 2.45) is 0 Å². The summed E-state index contributed by atoms with van der Waals surface area (Å²) in [5, 5.41) is 6.42. The quantitative estimate of drug-likeness (QED) is 0.918. The van der Waals surface area contributed by atoms with Gasteiger partial charge in [0.25, 0.3) is 0 Å². The smallest absolute Gasteiger partial charge is 0.175 e. The Morgan fingerprint density at radius 3 is 2.85 bits per heavy atom. The zero-order valence-electron chi connectivity index (χ0n) is 11.3. The Kier molecular flexibility index (Phi) is 3.96. The Morgan fingerprint density at radius 2 is 2.15 bits per heavy atom. The van der Waals surface area contributed by atoms with Crippen molar-refractivity contribution in [1.82, 2.24) is 10.3 Å². The molecule has 1 unspecified atom stereocenters. The summed E-state index contributed by atoms with van der Waals surface area (Å²) in [5.41, 5.74) is 2.15. The van der Waals surface area contributed by atoms with Gasteiger partial charge in [-0.15, -0.1) is 11.3 Å². The first-order valence-electron chi connectivity index (χ1n) is 6.37. The highest BCUT2D eigenvalue weighted by Gasteiger charge is 2.22. The highest BCUT2D eigenvalue weighted by atomic mass is 79.9. The molecule has 0 bridgehead atoms. The van der Waals surface area contributed by atoms with Crippen molar-refractivity contribution in [2.75, 3.05) is 20.3 Å². The average molecular weight is 355 g/mol.